The number of nitrogens with one attached hydrogen (secondary N) is 2. The average molecular weight is 377 g/mol. The standard InChI is InChI=1S/C19H30N6S/c1-2-6-18(19-20-21-22-25(19)15-17-9-5-14-26-17)24-12-10-23(11-13-24)16-7-3-4-8-16/h5,9,14,16,18H,2-4,6-8,10-13,15H2,1H3/p+2/t18-/m0/s1. The van der Waals surface area contributed by atoms with E-state index in [9.17, 15) is 0 Å². The van der Waals surface area contributed by atoms with Crippen LogP contribution in [0.4, 0.5) is 0 Å². The molecule has 0 amide bonds. The van der Waals surface area contributed by atoms with Crippen LogP contribution in [0.15, 0.2) is 17.5 Å². The predicted molar refractivity (Wildman–Crippen MR) is 103 cm³/mol. The lowest BCUT2D eigenvalue weighted by atomic mass is 10.1. The number of rotatable bonds is 7. The minimum atomic E-state index is 0.431. The molecule has 2 aromatic heterocycles. The Balaban J connectivity index is 1.44. The van der Waals surface area contributed by atoms with Crippen LogP contribution in [0.1, 0.15) is 62.2 Å². The molecule has 6 nitrogen and oxygen atoms in total. The summed E-state index contributed by atoms with van der Waals surface area (Å²) in [5.74, 6) is 1.08. The Morgan fingerprint density at radius 2 is 2.04 bits per heavy atom. The molecule has 3 heterocycles. The van der Waals surface area contributed by atoms with Gasteiger partial charge in [0.05, 0.1) is 12.6 Å². The van der Waals surface area contributed by atoms with Gasteiger partial charge < -0.3 is 9.80 Å². The zero-order valence-electron chi connectivity index (χ0n) is 15.9. The fraction of sp³-hybridized carbons (Fsp3) is 0.737. The zero-order chi connectivity index (χ0) is 17.8. The molecular weight excluding hydrogens is 344 g/mol. The van der Waals surface area contributed by atoms with Gasteiger partial charge in [-0.3, -0.25) is 0 Å². The summed E-state index contributed by atoms with van der Waals surface area (Å²) in [6.07, 6.45) is 8.13. The smallest absolute Gasteiger partial charge is 0.209 e. The van der Waals surface area contributed by atoms with Crippen LogP contribution >= 0.6 is 11.3 Å². The lowest BCUT2D eigenvalue weighted by Crippen LogP contribution is -3.29. The number of hydrogen-bond acceptors (Lipinski definition) is 4. The number of quaternary nitrogens is 2. The van der Waals surface area contributed by atoms with E-state index in [-0.39, 0.29) is 0 Å². The highest BCUT2D eigenvalue weighted by Crippen LogP contribution is 2.17. The summed E-state index contributed by atoms with van der Waals surface area (Å²) < 4.78 is 2.04. The van der Waals surface area contributed by atoms with Gasteiger partial charge in [0.15, 0.2) is 0 Å². The Morgan fingerprint density at radius 1 is 1.23 bits per heavy atom. The Kier molecular flexibility index (Phi) is 5.97. The highest BCUT2D eigenvalue weighted by atomic mass is 32.1. The van der Waals surface area contributed by atoms with Gasteiger partial charge in [-0.2, -0.15) is 0 Å². The molecule has 142 valence electrons. The largest absolute Gasteiger partial charge is 0.323 e. The second-order valence-corrected chi connectivity index (χ2v) is 8.95. The van der Waals surface area contributed by atoms with Crippen LogP contribution in [-0.4, -0.2) is 52.4 Å². The molecular formula is C19H32N6S+2. The van der Waals surface area contributed by atoms with Gasteiger partial charge >= 0.3 is 0 Å². The normalized spacial score (nSPS) is 25.6. The zero-order valence-corrected chi connectivity index (χ0v) is 16.7. The molecule has 4 rings (SSSR count). The molecule has 1 saturated carbocycles. The van der Waals surface area contributed by atoms with E-state index in [0.29, 0.717) is 6.04 Å². The number of piperazine rings is 1. The highest BCUT2D eigenvalue weighted by molar-refractivity contribution is 7.09. The summed E-state index contributed by atoms with van der Waals surface area (Å²) in [5, 5.41) is 14.9. The maximum atomic E-state index is 4.47. The number of nitrogens with zero attached hydrogens (tertiary/aromatic N) is 4. The fourth-order valence-corrected chi connectivity index (χ4v) is 5.60. The van der Waals surface area contributed by atoms with E-state index in [0.717, 1.165) is 18.4 Å². The molecule has 1 atom stereocenters. The predicted octanol–water partition coefficient (Wildman–Crippen LogP) is 0.350. The first-order valence-electron chi connectivity index (χ1n) is 10.3. The van der Waals surface area contributed by atoms with Crippen LogP contribution in [0, 0.1) is 0 Å². The van der Waals surface area contributed by atoms with Gasteiger partial charge in [-0.15, -0.1) is 16.4 Å². The molecule has 2 N–H and O–H groups in total. The molecule has 1 saturated heterocycles. The molecule has 0 radical (unpaired) electrons. The summed E-state index contributed by atoms with van der Waals surface area (Å²) in [4.78, 5) is 4.87. The first-order valence-corrected chi connectivity index (χ1v) is 11.2. The van der Waals surface area contributed by atoms with Crippen molar-refractivity contribution >= 4 is 11.3 Å². The average Bonchev–Trinajstić information content (AvgIpc) is 3.43. The van der Waals surface area contributed by atoms with Crippen molar-refractivity contribution < 1.29 is 9.80 Å². The van der Waals surface area contributed by atoms with E-state index in [1.165, 1.54) is 69.6 Å². The quantitative estimate of drug-likeness (QED) is 0.733. The number of thiophene rings is 1. The van der Waals surface area contributed by atoms with Crippen molar-refractivity contribution in [1.82, 2.24) is 20.2 Å². The Morgan fingerprint density at radius 3 is 2.73 bits per heavy atom. The summed E-state index contributed by atoms with van der Waals surface area (Å²) in [5.41, 5.74) is 0. The second-order valence-electron chi connectivity index (χ2n) is 7.91. The lowest BCUT2D eigenvalue weighted by molar-refractivity contribution is -1.04. The van der Waals surface area contributed by atoms with E-state index < -0.39 is 0 Å². The lowest BCUT2D eigenvalue weighted by Gasteiger charge is -2.36. The minimum Gasteiger partial charge on any atom is -0.323 e. The van der Waals surface area contributed by atoms with Gasteiger partial charge in [-0.05, 0) is 47.6 Å². The Bertz CT molecular complexity index is 655. The number of tetrazole rings is 1. The van der Waals surface area contributed by atoms with Crippen molar-refractivity contribution in [3.63, 3.8) is 0 Å². The minimum absolute atomic E-state index is 0.431. The second kappa shape index (κ2) is 8.59. The number of hydrogen-bond donors (Lipinski definition) is 2. The molecule has 0 aromatic carbocycles. The SMILES string of the molecule is CCC[C@@H](c1nnnn1Cc1cccs1)[NH+]1CC[NH+](C2CCCC2)CC1. The first-order chi connectivity index (χ1) is 12.8. The van der Waals surface area contributed by atoms with Gasteiger partial charge in [0.25, 0.3) is 0 Å². The van der Waals surface area contributed by atoms with Crippen molar-refractivity contribution in [3.05, 3.63) is 28.2 Å². The third kappa shape index (κ3) is 4.00. The summed E-state index contributed by atoms with van der Waals surface area (Å²) in [6.45, 7) is 8.21. The van der Waals surface area contributed by atoms with Crippen LogP contribution in [0.5, 0.6) is 0 Å². The molecule has 2 aliphatic rings. The maximum absolute atomic E-state index is 4.47. The van der Waals surface area contributed by atoms with Gasteiger partial charge in [-0.1, -0.05) is 19.4 Å². The molecule has 1 aliphatic heterocycles. The third-order valence-corrected chi connectivity index (χ3v) is 7.16. The first kappa shape index (κ1) is 18.1. The highest BCUT2D eigenvalue weighted by Gasteiger charge is 2.36. The van der Waals surface area contributed by atoms with Crippen LogP contribution < -0.4 is 9.80 Å². The van der Waals surface area contributed by atoms with Gasteiger partial charge in [0.2, 0.25) is 5.82 Å². The van der Waals surface area contributed by atoms with E-state index in [1.807, 2.05) is 9.58 Å². The monoisotopic (exact) mass is 376 g/mol. The Labute approximate surface area is 160 Å². The summed E-state index contributed by atoms with van der Waals surface area (Å²) in [7, 11) is 0. The van der Waals surface area contributed by atoms with Crippen LogP contribution in [0.2, 0.25) is 0 Å². The molecule has 0 bridgehead atoms. The molecule has 7 heteroatoms. The van der Waals surface area contributed by atoms with Gasteiger partial charge in [-0.25, -0.2) is 4.68 Å². The molecule has 26 heavy (non-hydrogen) atoms. The Hall–Kier alpha value is -1.31. The summed E-state index contributed by atoms with van der Waals surface area (Å²) >= 11 is 1.78. The maximum Gasteiger partial charge on any atom is 0.209 e. The molecule has 0 spiro atoms. The van der Waals surface area contributed by atoms with Crippen molar-refractivity contribution in [3.8, 4) is 0 Å². The van der Waals surface area contributed by atoms with Crippen LogP contribution in [0.25, 0.3) is 0 Å². The molecule has 0 unspecified atom stereocenters. The van der Waals surface area contributed by atoms with Crippen LogP contribution in [0.3, 0.4) is 0 Å². The van der Waals surface area contributed by atoms with Crippen molar-refractivity contribution in [2.75, 3.05) is 26.2 Å². The van der Waals surface area contributed by atoms with Crippen molar-refractivity contribution in [2.45, 2.75) is 64.1 Å². The van der Waals surface area contributed by atoms with E-state index in [4.69, 9.17) is 0 Å². The van der Waals surface area contributed by atoms with E-state index in [2.05, 4.69) is 40.0 Å². The van der Waals surface area contributed by atoms with Crippen molar-refractivity contribution in [2.24, 2.45) is 0 Å². The van der Waals surface area contributed by atoms with Crippen molar-refractivity contribution in [1.29, 1.82) is 0 Å². The topological polar surface area (TPSA) is 52.5 Å². The third-order valence-electron chi connectivity index (χ3n) is 6.29. The van der Waals surface area contributed by atoms with E-state index in [1.54, 1.807) is 16.2 Å². The molecule has 2 aromatic rings. The summed E-state index contributed by atoms with van der Waals surface area (Å²) in [6, 6.07) is 5.64. The number of aromatic nitrogens is 4. The van der Waals surface area contributed by atoms with Gasteiger partial charge in [0.1, 0.15) is 32.2 Å². The van der Waals surface area contributed by atoms with Crippen LogP contribution in [-0.2, 0) is 6.54 Å². The van der Waals surface area contributed by atoms with E-state index >= 15 is 0 Å². The molecule has 2 fully saturated rings. The molecule has 1 aliphatic carbocycles. The fourth-order valence-electron chi connectivity index (χ4n) is 4.91. The van der Waals surface area contributed by atoms with Gasteiger partial charge in [0, 0.05) is 11.3 Å².